The Bertz CT molecular complexity index is 961. The maximum Gasteiger partial charge on any atom is 0.355 e. The Labute approximate surface area is 185 Å². The number of carbonyl (C=O) groups excluding carboxylic acids is 3. The van der Waals surface area contributed by atoms with Crippen LogP contribution < -0.4 is 10.6 Å². The van der Waals surface area contributed by atoms with Gasteiger partial charge in [-0.1, -0.05) is 59.6 Å². The van der Waals surface area contributed by atoms with Crippen LogP contribution in [0.5, 0.6) is 0 Å². The largest absolute Gasteiger partial charge is 0.448 e. The van der Waals surface area contributed by atoms with Crippen molar-refractivity contribution in [3.63, 3.8) is 0 Å². The molecule has 0 unspecified atom stereocenters. The van der Waals surface area contributed by atoms with Gasteiger partial charge in [-0.25, -0.2) is 4.79 Å². The van der Waals surface area contributed by atoms with Crippen LogP contribution in [0.1, 0.15) is 37.9 Å². The highest BCUT2D eigenvalue weighted by molar-refractivity contribution is 6.35. The predicted octanol–water partition coefficient (Wildman–Crippen LogP) is 4.28. The first-order chi connectivity index (χ1) is 14.2. The molecule has 2 N–H and O–H groups in total. The van der Waals surface area contributed by atoms with Crippen molar-refractivity contribution in [2.24, 2.45) is 0 Å². The zero-order valence-electron chi connectivity index (χ0n) is 16.7. The summed E-state index contributed by atoms with van der Waals surface area (Å²) in [7, 11) is 0. The van der Waals surface area contributed by atoms with E-state index in [1.807, 2.05) is 6.07 Å². The number of benzene rings is 2. The van der Waals surface area contributed by atoms with Gasteiger partial charge in [0, 0.05) is 17.0 Å². The number of halogens is 2. The van der Waals surface area contributed by atoms with Gasteiger partial charge in [-0.2, -0.15) is 0 Å². The lowest BCUT2D eigenvalue weighted by Crippen LogP contribution is -2.38. The highest BCUT2D eigenvalue weighted by Gasteiger charge is 2.23. The minimum atomic E-state index is -1.10. The quantitative estimate of drug-likeness (QED) is 0.488. The van der Waals surface area contributed by atoms with Gasteiger partial charge in [-0.05, 0) is 43.2 Å². The first-order valence-electron chi connectivity index (χ1n) is 9.18. The second kappa shape index (κ2) is 10.8. The lowest BCUT2D eigenvalue weighted by Gasteiger charge is -2.20. The summed E-state index contributed by atoms with van der Waals surface area (Å²) >= 11 is 12.1. The van der Waals surface area contributed by atoms with Crippen molar-refractivity contribution < 1.29 is 19.1 Å². The van der Waals surface area contributed by atoms with Crippen LogP contribution in [-0.4, -0.2) is 23.9 Å². The molecule has 2 aromatic rings. The van der Waals surface area contributed by atoms with Crippen LogP contribution >= 0.6 is 23.2 Å². The fourth-order valence-corrected chi connectivity index (χ4v) is 3.16. The molecule has 2 atom stereocenters. The van der Waals surface area contributed by atoms with E-state index in [1.54, 1.807) is 49.4 Å². The maximum atomic E-state index is 12.5. The summed E-state index contributed by atoms with van der Waals surface area (Å²) in [4.78, 5) is 36.5. The molecule has 0 aliphatic rings. The summed E-state index contributed by atoms with van der Waals surface area (Å²) in [5, 5.41) is 6.08. The molecule has 0 saturated carbocycles. The lowest BCUT2D eigenvalue weighted by molar-refractivity contribution is -0.152. The number of esters is 1. The van der Waals surface area contributed by atoms with E-state index in [1.165, 1.54) is 19.9 Å². The highest BCUT2D eigenvalue weighted by Crippen LogP contribution is 2.26. The van der Waals surface area contributed by atoms with Crippen LogP contribution in [-0.2, 0) is 19.1 Å². The van der Waals surface area contributed by atoms with Crippen molar-refractivity contribution in [3.05, 3.63) is 75.4 Å². The topological polar surface area (TPSA) is 84.5 Å². The molecule has 0 aromatic heterocycles. The Balaban J connectivity index is 2.07. The third-order valence-corrected chi connectivity index (χ3v) is 4.64. The molecule has 158 valence electrons. The molecule has 0 heterocycles. The number of nitrogens with one attached hydrogen (secondary N) is 2. The summed E-state index contributed by atoms with van der Waals surface area (Å²) < 4.78 is 5.25. The molecule has 2 rings (SSSR count). The zero-order chi connectivity index (χ0) is 22.3. The van der Waals surface area contributed by atoms with Gasteiger partial charge in [0.15, 0.2) is 6.10 Å². The van der Waals surface area contributed by atoms with Crippen molar-refractivity contribution >= 4 is 47.1 Å². The molecule has 0 bridgehead atoms. The molecule has 8 heteroatoms. The van der Waals surface area contributed by atoms with Crippen LogP contribution in [0.4, 0.5) is 0 Å². The van der Waals surface area contributed by atoms with Crippen LogP contribution in [0.15, 0.2) is 54.2 Å². The molecular formula is C22H22Cl2N2O4. The summed E-state index contributed by atoms with van der Waals surface area (Å²) in [6.45, 7) is 4.47. The van der Waals surface area contributed by atoms with Gasteiger partial charge in [0.2, 0.25) is 5.91 Å². The van der Waals surface area contributed by atoms with Crippen molar-refractivity contribution in [1.82, 2.24) is 10.6 Å². The number of hydrogen-bond donors (Lipinski definition) is 2. The first kappa shape index (κ1) is 23.4. The minimum absolute atomic E-state index is 0.0675. The Hall–Kier alpha value is -2.83. The van der Waals surface area contributed by atoms with Crippen LogP contribution in [0, 0.1) is 0 Å². The van der Waals surface area contributed by atoms with E-state index in [2.05, 4.69) is 10.6 Å². The van der Waals surface area contributed by atoms with Gasteiger partial charge in [-0.15, -0.1) is 0 Å². The smallest absolute Gasteiger partial charge is 0.355 e. The highest BCUT2D eigenvalue weighted by atomic mass is 35.5. The third-order valence-electron chi connectivity index (χ3n) is 4.08. The van der Waals surface area contributed by atoms with E-state index in [4.69, 9.17) is 27.9 Å². The molecule has 6 nitrogen and oxygen atoms in total. The van der Waals surface area contributed by atoms with E-state index >= 15 is 0 Å². The molecule has 0 spiro atoms. The SMILES string of the molecule is CC(=O)N/C(=C\c1ccccc1)C(=O)O[C@@H](C)C(=O)N[C@H](C)c1ccc(Cl)cc1Cl. The first-order valence-corrected chi connectivity index (χ1v) is 9.93. The Kier molecular flexibility index (Phi) is 8.45. The molecule has 30 heavy (non-hydrogen) atoms. The van der Waals surface area contributed by atoms with Crippen LogP contribution in [0.3, 0.4) is 0 Å². The standard InChI is InChI=1S/C22H22Cl2N2O4/c1-13(18-10-9-17(23)12-19(18)24)25-21(28)14(2)30-22(29)20(26-15(3)27)11-16-7-5-4-6-8-16/h4-14H,1-3H3,(H,25,28)(H,26,27)/b20-11-/t13-,14+/m1/s1. The molecule has 0 aliphatic carbocycles. The van der Waals surface area contributed by atoms with Crippen molar-refractivity contribution in [2.45, 2.75) is 32.9 Å². The van der Waals surface area contributed by atoms with E-state index in [-0.39, 0.29) is 5.70 Å². The van der Waals surface area contributed by atoms with E-state index in [9.17, 15) is 14.4 Å². The second-order valence-electron chi connectivity index (χ2n) is 6.59. The average molecular weight is 449 g/mol. The predicted molar refractivity (Wildman–Crippen MR) is 117 cm³/mol. The van der Waals surface area contributed by atoms with Gasteiger partial charge >= 0.3 is 5.97 Å². The molecule has 2 aromatic carbocycles. The van der Waals surface area contributed by atoms with Gasteiger partial charge in [0.05, 0.1) is 6.04 Å². The fourth-order valence-electron chi connectivity index (χ4n) is 2.59. The van der Waals surface area contributed by atoms with Gasteiger partial charge in [0.1, 0.15) is 5.70 Å². The van der Waals surface area contributed by atoms with Crippen molar-refractivity contribution in [3.8, 4) is 0 Å². The Morgan fingerprint density at radius 3 is 2.30 bits per heavy atom. The molecule has 0 radical (unpaired) electrons. The van der Waals surface area contributed by atoms with Gasteiger partial charge in [-0.3, -0.25) is 9.59 Å². The normalized spacial score (nSPS) is 13.2. The van der Waals surface area contributed by atoms with Crippen LogP contribution in [0.25, 0.3) is 6.08 Å². The zero-order valence-corrected chi connectivity index (χ0v) is 18.3. The molecule has 2 amide bonds. The number of hydrogen-bond acceptors (Lipinski definition) is 4. The lowest BCUT2D eigenvalue weighted by atomic mass is 10.1. The average Bonchev–Trinajstić information content (AvgIpc) is 2.67. The van der Waals surface area contributed by atoms with Crippen molar-refractivity contribution in [2.75, 3.05) is 0 Å². The molecule has 0 fully saturated rings. The maximum absolute atomic E-state index is 12.5. The van der Waals surface area contributed by atoms with E-state index < -0.39 is 29.9 Å². The number of carbonyl (C=O) groups is 3. The summed E-state index contributed by atoms with van der Waals surface area (Å²) in [5.41, 5.74) is 1.30. The minimum Gasteiger partial charge on any atom is -0.448 e. The molecule has 0 aliphatic heterocycles. The fraction of sp³-hybridized carbons (Fsp3) is 0.227. The second-order valence-corrected chi connectivity index (χ2v) is 7.44. The summed E-state index contributed by atoms with van der Waals surface area (Å²) in [6, 6.07) is 13.5. The van der Waals surface area contributed by atoms with Gasteiger partial charge in [0.25, 0.3) is 5.91 Å². The monoisotopic (exact) mass is 448 g/mol. The number of ether oxygens (including phenoxy) is 1. The van der Waals surface area contributed by atoms with E-state index in [0.717, 1.165) is 0 Å². The number of rotatable bonds is 7. The Morgan fingerprint density at radius 1 is 1.03 bits per heavy atom. The summed E-state index contributed by atoms with van der Waals surface area (Å²) in [5.74, 6) is -1.77. The Morgan fingerprint density at radius 2 is 1.70 bits per heavy atom. The van der Waals surface area contributed by atoms with Gasteiger partial charge < -0.3 is 15.4 Å². The number of amides is 2. The van der Waals surface area contributed by atoms with E-state index in [0.29, 0.717) is 21.2 Å². The molecular weight excluding hydrogens is 427 g/mol. The summed E-state index contributed by atoms with van der Waals surface area (Å²) in [6.07, 6.45) is 0.378. The van der Waals surface area contributed by atoms with Crippen LogP contribution in [0.2, 0.25) is 10.0 Å². The third kappa shape index (κ3) is 6.90. The van der Waals surface area contributed by atoms with Crippen molar-refractivity contribution in [1.29, 1.82) is 0 Å². The molecule has 0 saturated heterocycles.